The molecule has 0 atom stereocenters. The zero-order chi connectivity index (χ0) is 20.8. The topological polar surface area (TPSA) is 116 Å². The molecule has 0 radical (unpaired) electrons. The van der Waals surface area contributed by atoms with Crippen LogP contribution in [0.5, 0.6) is 11.8 Å². The number of halogens is 1. The first-order chi connectivity index (χ1) is 14.0. The Labute approximate surface area is 171 Å². The van der Waals surface area contributed by atoms with Crippen LogP contribution >= 0.6 is 11.6 Å². The number of ether oxygens (including phenoxy) is 2. The number of nitrogens with zero attached hydrogens (tertiary/aromatic N) is 2. The summed E-state index contributed by atoms with van der Waals surface area (Å²) >= 11 is 6.13. The van der Waals surface area contributed by atoms with Crippen LogP contribution in [-0.4, -0.2) is 42.5 Å². The van der Waals surface area contributed by atoms with Gasteiger partial charge in [0.25, 0.3) is 5.91 Å². The number of hydrogen-bond acceptors (Lipinski definition) is 7. The van der Waals surface area contributed by atoms with Crippen molar-refractivity contribution in [1.29, 1.82) is 0 Å². The smallest absolute Gasteiger partial charge is 0.287 e. The maximum atomic E-state index is 12.2. The van der Waals surface area contributed by atoms with E-state index in [0.717, 1.165) is 0 Å². The van der Waals surface area contributed by atoms with E-state index >= 15 is 0 Å². The molecule has 1 aromatic carbocycles. The van der Waals surface area contributed by atoms with Crippen molar-refractivity contribution in [1.82, 2.24) is 15.3 Å². The number of carbonyl (C=O) groups excluding carboxylic acids is 2. The zero-order valence-electron chi connectivity index (χ0n) is 15.6. The van der Waals surface area contributed by atoms with Crippen molar-refractivity contribution in [2.75, 3.05) is 26.1 Å². The summed E-state index contributed by atoms with van der Waals surface area (Å²) in [6.45, 7) is -0.316. The highest BCUT2D eigenvalue weighted by molar-refractivity contribution is 6.33. The number of nitrogens with one attached hydrogen (secondary N) is 2. The van der Waals surface area contributed by atoms with Gasteiger partial charge in [0.2, 0.25) is 23.6 Å². The lowest BCUT2D eigenvalue weighted by atomic mass is 10.2. The number of aromatic nitrogens is 2. The van der Waals surface area contributed by atoms with Gasteiger partial charge in [0, 0.05) is 5.56 Å². The lowest BCUT2D eigenvalue weighted by Crippen LogP contribution is -2.33. The highest BCUT2D eigenvalue weighted by atomic mass is 35.5. The summed E-state index contributed by atoms with van der Waals surface area (Å²) in [6.07, 6.45) is 0. The summed E-state index contributed by atoms with van der Waals surface area (Å²) in [4.78, 5) is 32.3. The van der Waals surface area contributed by atoms with Gasteiger partial charge < -0.3 is 19.2 Å². The Kier molecular flexibility index (Phi) is 6.30. The number of carbonyl (C=O) groups is 2. The second-order valence-electron chi connectivity index (χ2n) is 5.65. The van der Waals surface area contributed by atoms with E-state index in [0.29, 0.717) is 16.3 Å². The van der Waals surface area contributed by atoms with Crippen molar-refractivity contribution in [3.05, 3.63) is 53.2 Å². The largest absolute Gasteiger partial charge is 0.481 e. The lowest BCUT2D eigenvalue weighted by molar-refractivity contribution is -0.115. The molecule has 0 unspecified atom stereocenters. The van der Waals surface area contributed by atoms with E-state index < -0.39 is 11.8 Å². The monoisotopic (exact) mass is 416 g/mol. The van der Waals surface area contributed by atoms with E-state index in [-0.39, 0.29) is 30.0 Å². The minimum Gasteiger partial charge on any atom is -0.481 e. The fourth-order valence-corrected chi connectivity index (χ4v) is 2.58. The van der Waals surface area contributed by atoms with Crippen molar-refractivity contribution in [3.8, 4) is 23.1 Å². The molecule has 3 rings (SSSR count). The Hall–Kier alpha value is -3.59. The molecule has 0 saturated carbocycles. The van der Waals surface area contributed by atoms with E-state index in [2.05, 4.69) is 20.6 Å². The number of rotatable bonds is 7. The van der Waals surface area contributed by atoms with Gasteiger partial charge in [-0.05, 0) is 24.3 Å². The number of benzene rings is 1. The molecule has 3 aromatic rings. The highest BCUT2D eigenvalue weighted by Gasteiger charge is 2.15. The van der Waals surface area contributed by atoms with Crippen LogP contribution in [0.4, 0.5) is 5.95 Å². The van der Waals surface area contributed by atoms with Crippen molar-refractivity contribution >= 4 is 29.4 Å². The van der Waals surface area contributed by atoms with Crippen LogP contribution in [-0.2, 0) is 4.79 Å². The molecular weight excluding hydrogens is 400 g/mol. The maximum absolute atomic E-state index is 12.2. The Bertz CT molecular complexity index is 1010. The van der Waals surface area contributed by atoms with Gasteiger partial charge in [0.05, 0.1) is 31.9 Å². The van der Waals surface area contributed by atoms with Crippen LogP contribution in [0.25, 0.3) is 11.3 Å². The molecule has 0 saturated heterocycles. The minimum absolute atomic E-state index is 0.0144. The van der Waals surface area contributed by atoms with Gasteiger partial charge in [-0.1, -0.05) is 23.7 Å². The van der Waals surface area contributed by atoms with Gasteiger partial charge in [-0.3, -0.25) is 14.9 Å². The van der Waals surface area contributed by atoms with Crippen molar-refractivity contribution in [2.45, 2.75) is 0 Å². The van der Waals surface area contributed by atoms with E-state index in [1.54, 1.807) is 24.3 Å². The first kappa shape index (κ1) is 20.2. The SMILES string of the molecule is COc1cc(OC)nc(NC(=O)CNC(=O)c2ccc(-c3ccccc3Cl)o2)n1. The summed E-state index contributed by atoms with van der Waals surface area (Å²) in [6, 6.07) is 11.7. The molecule has 2 N–H and O–H groups in total. The molecule has 0 spiro atoms. The minimum atomic E-state index is -0.553. The highest BCUT2D eigenvalue weighted by Crippen LogP contribution is 2.29. The maximum Gasteiger partial charge on any atom is 0.287 e. The summed E-state index contributed by atoms with van der Waals surface area (Å²) in [5.74, 6) is -0.166. The lowest BCUT2D eigenvalue weighted by Gasteiger charge is -2.08. The van der Waals surface area contributed by atoms with Gasteiger partial charge in [-0.25, -0.2) is 0 Å². The zero-order valence-corrected chi connectivity index (χ0v) is 16.3. The fraction of sp³-hybridized carbons (Fsp3) is 0.158. The molecule has 0 bridgehead atoms. The Morgan fingerprint density at radius 1 is 1.07 bits per heavy atom. The van der Waals surface area contributed by atoms with Crippen LogP contribution in [0.3, 0.4) is 0 Å². The predicted octanol–water partition coefficient (Wildman–Crippen LogP) is 2.78. The molecule has 2 aromatic heterocycles. The molecule has 0 aliphatic rings. The normalized spacial score (nSPS) is 10.3. The predicted molar refractivity (Wildman–Crippen MR) is 105 cm³/mol. The van der Waals surface area contributed by atoms with Crippen LogP contribution in [0.1, 0.15) is 10.6 Å². The van der Waals surface area contributed by atoms with Gasteiger partial charge >= 0.3 is 0 Å². The van der Waals surface area contributed by atoms with Crippen LogP contribution in [0, 0.1) is 0 Å². The van der Waals surface area contributed by atoms with Gasteiger partial charge in [0.15, 0.2) is 5.76 Å². The second kappa shape index (κ2) is 9.07. The average Bonchev–Trinajstić information content (AvgIpc) is 3.22. The van der Waals surface area contributed by atoms with Crippen LogP contribution in [0.15, 0.2) is 46.9 Å². The van der Waals surface area contributed by atoms with Gasteiger partial charge in [-0.2, -0.15) is 9.97 Å². The third-order valence-corrected chi connectivity index (χ3v) is 4.06. The molecule has 150 valence electrons. The number of amides is 2. The molecule has 29 heavy (non-hydrogen) atoms. The molecule has 2 heterocycles. The number of methoxy groups -OCH3 is 2. The summed E-state index contributed by atoms with van der Waals surface area (Å²) in [5.41, 5.74) is 0.662. The number of anilines is 1. The van der Waals surface area contributed by atoms with Gasteiger partial charge in [-0.15, -0.1) is 0 Å². The van der Waals surface area contributed by atoms with Crippen molar-refractivity contribution in [2.24, 2.45) is 0 Å². The van der Waals surface area contributed by atoms with Crippen LogP contribution in [0.2, 0.25) is 5.02 Å². The first-order valence-corrected chi connectivity index (χ1v) is 8.78. The first-order valence-electron chi connectivity index (χ1n) is 8.40. The van der Waals surface area contributed by atoms with Crippen LogP contribution < -0.4 is 20.1 Å². The van der Waals surface area contributed by atoms with Crippen molar-refractivity contribution < 1.29 is 23.5 Å². The average molecular weight is 417 g/mol. The summed E-state index contributed by atoms with van der Waals surface area (Å²) in [5, 5.41) is 5.41. The van der Waals surface area contributed by atoms with E-state index in [1.165, 1.54) is 26.4 Å². The second-order valence-corrected chi connectivity index (χ2v) is 6.06. The molecule has 0 fully saturated rings. The Morgan fingerprint density at radius 2 is 1.76 bits per heavy atom. The van der Waals surface area contributed by atoms with E-state index in [4.69, 9.17) is 25.5 Å². The third-order valence-electron chi connectivity index (χ3n) is 3.73. The summed E-state index contributed by atoms with van der Waals surface area (Å²) < 4.78 is 15.6. The Morgan fingerprint density at radius 3 is 2.41 bits per heavy atom. The summed E-state index contributed by atoms with van der Waals surface area (Å²) in [7, 11) is 2.85. The molecule has 0 aliphatic carbocycles. The molecule has 9 nitrogen and oxygen atoms in total. The van der Waals surface area contributed by atoms with Crippen molar-refractivity contribution in [3.63, 3.8) is 0 Å². The third kappa shape index (κ3) is 5.02. The standard InChI is InChI=1S/C19H17ClN4O5/c1-27-16-9-17(28-2)24-19(23-16)22-15(25)10-21-18(26)14-8-7-13(29-14)11-5-3-4-6-12(11)20/h3-9H,10H2,1-2H3,(H,21,26)(H,22,23,24,25). The van der Waals surface area contributed by atoms with Gasteiger partial charge in [0.1, 0.15) is 5.76 Å². The number of hydrogen-bond donors (Lipinski definition) is 2. The molecule has 2 amide bonds. The quantitative estimate of drug-likeness (QED) is 0.608. The Balaban J connectivity index is 1.60. The fourth-order valence-electron chi connectivity index (χ4n) is 2.35. The molecule has 0 aliphatic heterocycles. The molecule has 10 heteroatoms. The van der Waals surface area contributed by atoms with E-state index in [1.807, 2.05) is 6.07 Å². The van der Waals surface area contributed by atoms with E-state index in [9.17, 15) is 9.59 Å². The molecular formula is C19H17ClN4O5. The number of furan rings is 1.